The summed E-state index contributed by atoms with van der Waals surface area (Å²) >= 11 is 15.4. The lowest BCUT2D eigenvalue weighted by Crippen LogP contribution is -2.29. The normalized spacial score (nSPS) is 10.9. The lowest BCUT2D eigenvalue weighted by atomic mass is 10.0. The van der Waals surface area contributed by atoms with E-state index in [1.54, 1.807) is 12.1 Å². The van der Waals surface area contributed by atoms with Gasteiger partial charge in [0.1, 0.15) is 0 Å². The maximum Gasteiger partial charge on any atom is 0.257 e. The molecule has 1 aromatic rings. The summed E-state index contributed by atoms with van der Waals surface area (Å²) in [6, 6.07) is 3.28. The van der Waals surface area contributed by atoms with Crippen LogP contribution in [0.2, 0.25) is 10.0 Å². The van der Waals surface area contributed by atoms with Gasteiger partial charge in [-0.2, -0.15) is 0 Å². The van der Waals surface area contributed by atoms with E-state index in [1.165, 1.54) is 77.0 Å². The molecule has 0 bridgehead atoms. The monoisotopic (exact) mass is 521 g/mol. The first kappa shape index (κ1) is 27.6. The number of rotatable bonds is 18. The average molecular weight is 523 g/mol. The summed E-state index contributed by atoms with van der Waals surface area (Å²) in [6.45, 7) is 2.90. The number of nitrogens with one attached hydrogen (secondary N) is 1. The van der Waals surface area contributed by atoms with Gasteiger partial charge in [0.05, 0.1) is 9.50 Å². The molecule has 0 atom stereocenters. The van der Waals surface area contributed by atoms with E-state index in [4.69, 9.17) is 27.9 Å². The van der Waals surface area contributed by atoms with Crippen LogP contribution in [0.25, 0.3) is 0 Å². The number of benzene rings is 1. The van der Waals surface area contributed by atoms with E-state index in [0.717, 1.165) is 12.8 Å². The van der Waals surface area contributed by atoms with E-state index in [1.807, 2.05) is 0 Å². The molecule has 0 aliphatic carbocycles. The molecule has 6 heteroatoms. The molecular weight excluding hydrogens is 485 g/mol. The van der Waals surface area contributed by atoms with Gasteiger partial charge < -0.3 is 10.1 Å². The van der Waals surface area contributed by atoms with Gasteiger partial charge in [-0.3, -0.25) is 4.79 Å². The Morgan fingerprint density at radius 1 is 0.867 bits per heavy atom. The lowest BCUT2D eigenvalue weighted by molar-refractivity contribution is -0.123. The summed E-state index contributed by atoms with van der Waals surface area (Å²) in [6.07, 6.45) is 18.6. The Hall–Kier alpha value is -0.450. The van der Waals surface area contributed by atoms with Crippen LogP contribution in [0.1, 0.15) is 96.8 Å². The third kappa shape index (κ3) is 13.8. The zero-order valence-corrected chi connectivity index (χ0v) is 21.5. The molecule has 0 saturated heterocycles. The minimum atomic E-state index is -0.136. The zero-order chi connectivity index (χ0) is 22.0. The summed E-state index contributed by atoms with van der Waals surface area (Å²) in [5, 5.41) is 3.80. The van der Waals surface area contributed by atoms with Gasteiger partial charge in [-0.15, -0.1) is 0 Å². The topological polar surface area (TPSA) is 38.3 Å². The molecule has 3 nitrogen and oxygen atoms in total. The van der Waals surface area contributed by atoms with Crippen molar-refractivity contribution in [2.45, 2.75) is 96.8 Å². The quantitative estimate of drug-likeness (QED) is 0.196. The van der Waals surface area contributed by atoms with E-state index < -0.39 is 0 Å². The highest BCUT2D eigenvalue weighted by molar-refractivity contribution is 9.10. The van der Waals surface area contributed by atoms with Crippen LogP contribution < -0.4 is 10.1 Å². The van der Waals surface area contributed by atoms with Gasteiger partial charge >= 0.3 is 0 Å². The third-order valence-corrected chi connectivity index (χ3v) is 6.25. The largest absolute Gasteiger partial charge is 0.481 e. The molecule has 172 valence electrons. The van der Waals surface area contributed by atoms with Gasteiger partial charge in [-0.05, 0) is 34.5 Å². The Morgan fingerprint density at radius 3 is 1.87 bits per heavy atom. The molecule has 1 rings (SSSR count). The van der Waals surface area contributed by atoms with E-state index in [0.29, 0.717) is 26.8 Å². The molecule has 0 heterocycles. The molecular formula is C24H38BrCl2NO2. The standard InChI is InChI=1S/C24H38BrCl2NO2/c1-2-3-4-5-6-7-8-9-10-11-12-13-14-15-16-28-23(29)19-30-24-21(25)17-20(26)18-22(24)27/h17-18H,2-16,19H2,1H3,(H,28,29). The molecule has 1 aromatic carbocycles. The summed E-state index contributed by atoms with van der Waals surface area (Å²) in [5.74, 6) is 0.301. The molecule has 0 aromatic heterocycles. The lowest BCUT2D eigenvalue weighted by Gasteiger charge is -2.11. The fourth-order valence-electron chi connectivity index (χ4n) is 3.40. The molecule has 0 unspecified atom stereocenters. The van der Waals surface area contributed by atoms with Gasteiger partial charge in [0.2, 0.25) is 0 Å². The Morgan fingerprint density at radius 2 is 1.37 bits per heavy atom. The molecule has 0 saturated carbocycles. The Labute approximate surface area is 201 Å². The number of halogens is 3. The van der Waals surface area contributed by atoms with Gasteiger partial charge in [-0.25, -0.2) is 0 Å². The summed E-state index contributed by atoms with van der Waals surface area (Å²) in [7, 11) is 0. The Balaban J connectivity index is 1.91. The summed E-state index contributed by atoms with van der Waals surface area (Å²) < 4.78 is 6.15. The van der Waals surface area contributed by atoms with Gasteiger partial charge in [0, 0.05) is 11.6 Å². The summed E-state index contributed by atoms with van der Waals surface area (Å²) in [5.41, 5.74) is 0. The number of unbranched alkanes of at least 4 members (excludes halogenated alkanes) is 13. The predicted octanol–water partition coefficient (Wildman–Crippen LogP) is 8.73. The van der Waals surface area contributed by atoms with Crippen LogP contribution in [0.4, 0.5) is 0 Å². The Bertz CT molecular complexity index is 576. The van der Waals surface area contributed by atoms with Crippen LogP contribution in [0.15, 0.2) is 16.6 Å². The molecule has 30 heavy (non-hydrogen) atoms. The maximum atomic E-state index is 11.9. The predicted molar refractivity (Wildman–Crippen MR) is 133 cm³/mol. The number of hydrogen-bond acceptors (Lipinski definition) is 2. The molecule has 0 spiro atoms. The van der Waals surface area contributed by atoms with Crippen LogP contribution in [0.3, 0.4) is 0 Å². The second-order valence-electron chi connectivity index (χ2n) is 7.93. The molecule has 0 fully saturated rings. The van der Waals surface area contributed by atoms with Crippen LogP contribution in [0.5, 0.6) is 5.75 Å². The molecule has 0 aliphatic heterocycles. The molecule has 1 N–H and O–H groups in total. The first-order chi connectivity index (χ1) is 14.5. The van der Waals surface area contributed by atoms with Crippen molar-refractivity contribution in [3.63, 3.8) is 0 Å². The van der Waals surface area contributed by atoms with E-state index in [9.17, 15) is 4.79 Å². The van der Waals surface area contributed by atoms with Crippen molar-refractivity contribution in [2.24, 2.45) is 0 Å². The van der Waals surface area contributed by atoms with Crippen LogP contribution in [0, 0.1) is 0 Å². The van der Waals surface area contributed by atoms with E-state index in [-0.39, 0.29) is 12.5 Å². The van der Waals surface area contributed by atoms with Gasteiger partial charge in [-0.1, -0.05) is 114 Å². The number of carbonyl (C=O) groups excluding carboxylic acids is 1. The number of hydrogen-bond donors (Lipinski definition) is 1. The molecule has 0 radical (unpaired) electrons. The molecule has 1 amide bonds. The van der Waals surface area contributed by atoms with Crippen LogP contribution in [-0.2, 0) is 4.79 Å². The first-order valence-corrected chi connectivity index (χ1v) is 13.1. The van der Waals surface area contributed by atoms with Crippen LogP contribution >= 0.6 is 39.1 Å². The zero-order valence-electron chi connectivity index (χ0n) is 18.4. The average Bonchev–Trinajstić information content (AvgIpc) is 2.70. The van der Waals surface area contributed by atoms with Crippen molar-refractivity contribution in [3.05, 3.63) is 26.7 Å². The van der Waals surface area contributed by atoms with Gasteiger partial charge in [0.25, 0.3) is 5.91 Å². The Kier molecular flexibility index (Phi) is 16.7. The molecule has 0 aliphatic rings. The summed E-state index contributed by atoms with van der Waals surface area (Å²) in [4.78, 5) is 11.9. The smallest absolute Gasteiger partial charge is 0.257 e. The van der Waals surface area contributed by atoms with Crippen molar-refractivity contribution in [1.82, 2.24) is 5.32 Å². The number of carbonyl (C=O) groups is 1. The highest BCUT2D eigenvalue weighted by Crippen LogP contribution is 2.35. The first-order valence-electron chi connectivity index (χ1n) is 11.6. The minimum Gasteiger partial charge on any atom is -0.481 e. The van der Waals surface area contributed by atoms with Crippen molar-refractivity contribution >= 4 is 45.0 Å². The van der Waals surface area contributed by atoms with Crippen molar-refractivity contribution in [1.29, 1.82) is 0 Å². The fourth-order valence-corrected chi connectivity index (χ4v) is 4.77. The van der Waals surface area contributed by atoms with Crippen molar-refractivity contribution in [2.75, 3.05) is 13.2 Å². The SMILES string of the molecule is CCCCCCCCCCCCCCCCNC(=O)COc1c(Cl)cc(Cl)cc1Br. The maximum absolute atomic E-state index is 11.9. The third-order valence-electron chi connectivity index (χ3n) is 5.16. The second-order valence-corrected chi connectivity index (χ2v) is 9.63. The number of amides is 1. The fraction of sp³-hybridized carbons (Fsp3) is 0.708. The van der Waals surface area contributed by atoms with Crippen LogP contribution in [-0.4, -0.2) is 19.1 Å². The highest BCUT2D eigenvalue weighted by atomic mass is 79.9. The van der Waals surface area contributed by atoms with Crippen molar-refractivity contribution in [3.8, 4) is 5.75 Å². The van der Waals surface area contributed by atoms with Gasteiger partial charge in [0.15, 0.2) is 12.4 Å². The highest BCUT2D eigenvalue weighted by Gasteiger charge is 2.10. The van der Waals surface area contributed by atoms with E-state index >= 15 is 0 Å². The van der Waals surface area contributed by atoms with Crippen molar-refractivity contribution < 1.29 is 9.53 Å². The minimum absolute atomic E-state index is 0.0570. The van der Waals surface area contributed by atoms with E-state index in [2.05, 4.69) is 28.2 Å². The number of ether oxygens (including phenoxy) is 1. The second kappa shape index (κ2) is 18.2.